The molecule has 0 saturated heterocycles. The second-order valence-electron chi connectivity index (χ2n) is 4.81. The number of amides is 1. The molecule has 1 amide bonds. The van der Waals surface area contributed by atoms with Crippen LogP contribution in [0.5, 0.6) is 5.75 Å². The van der Waals surface area contributed by atoms with Gasteiger partial charge in [0.2, 0.25) is 5.91 Å². The molecule has 2 aromatic rings. The summed E-state index contributed by atoms with van der Waals surface area (Å²) in [5.74, 6) is 0.882. The minimum Gasteiger partial charge on any atom is -0.496 e. The number of carbonyl (C=O) groups excluding carboxylic acids is 1. The van der Waals surface area contributed by atoms with Crippen molar-refractivity contribution in [2.75, 3.05) is 26.0 Å². The minimum atomic E-state index is 0.0509. The lowest BCUT2D eigenvalue weighted by molar-refractivity contribution is -0.121. The number of hydrogen-bond acceptors (Lipinski definition) is 5. The van der Waals surface area contributed by atoms with Gasteiger partial charge < -0.3 is 15.4 Å². The van der Waals surface area contributed by atoms with Gasteiger partial charge in [0.25, 0.3) is 0 Å². The summed E-state index contributed by atoms with van der Waals surface area (Å²) in [6.45, 7) is 0.609. The molecule has 0 radical (unpaired) electrons. The second-order valence-corrected chi connectivity index (χ2v) is 5.66. The number of methoxy groups -OCH3 is 1. The first-order chi connectivity index (χ1) is 10.7. The number of anilines is 1. The molecule has 0 unspecified atom stereocenters. The number of benzene rings is 1. The van der Waals surface area contributed by atoms with Gasteiger partial charge in [-0.25, -0.2) is 4.98 Å². The lowest BCUT2D eigenvalue weighted by Crippen LogP contribution is -2.26. The van der Waals surface area contributed by atoms with E-state index in [-0.39, 0.29) is 5.91 Å². The van der Waals surface area contributed by atoms with Gasteiger partial charge in [-0.15, -0.1) is 11.3 Å². The van der Waals surface area contributed by atoms with Crippen molar-refractivity contribution < 1.29 is 9.53 Å². The summed E-state index contributed by atoms with van der Waals surface area (Å²) in [5.41, 5.74) is 2.05. The normalized spacial score (nSPS) is 10.3. The molecule has 1 aromatic carbocycles. The fraction of sp³-hybridized carbons (Fsp3) is 0.375. The molecule has 0 spiro atoms. The maximum atomic E-state index is 11.9. The summed E-state index contributed by atoms with van der Waals surface area (Å²) < 4.78 is 5.28. The van der Waals surface area contributed by atoms with E-state index in [9.17, 15) is 4.79 Å². The predicted octanol–water partition coefficient (Wildman–Crippen LogP) is 2.48. The van der Waals surface area contributed by atoms with Crippen LogP contribution in [0.25, 0.3) is 0 Å². The molecule has 0 atom stereocenters. The number of aryl methyl sites for hydroxylation is 1. The van der Waals surface area contributed by atoms with Crippen LogP contribution in [0.15, 0.2) is 29.6 Å². The average Bonchev–Trinajstić information content (AvgIpc) is 3.01. The van der Waals surface area contributed by atoms with Crippen LogP contribution < -0.4 is 15.4 Å². The van der Waals surface area contributed by atoms with Gasteiger partial charge in [0.1, 0.15) is 5.75 Å². The van der Waals surface area contributed by atoms with Crippen molar-refractivity contribution in [2.24, 2.45) is 0 Å². The lowest BCUT2D eigenvalue weighted by Gasteiger charge is -2.08. The van der Waals surface area contributed by atoms with Gasteiger partial charge in [0.15, 0.2) is 5.13 Å². The number of hydrogen-bond donors (Lipinski definition) is 2. The molecule has 22 heavy (non-hydrogen) atoms. The molecular weight excluding hydrogens is 298 g/mol. The summed E-state index contributed by atoms with van der Waals surface area (Å²) in [6, 6.07) is 7.78. The zero-order chi connectivity index (χ0) is 15.8. The second kappa shape index (κ2) is 8.38. The Balaban J connectivity index is 1.71. The minimum absolute atomic E-state index is 0.0509. The van der Waals surface area contributed by atoms with E-state index < -0.39 is 0 Å². The van der Waals surface area contributed by atoms with Crippen molar-refractivity contribution in [3.8, 4) is 5.75 Å². The maximum Gasteiger partial charge on any atom is 0.220 e. The molecule has 0 saturated carbocycles. The van der Waals surface area contributed by atoms with E-state index in [2.05, 4.69) is 15.6 Å². The average molecular weight is 319 g/mol. The summed E-state index contributed by atoms with van der Waals surface area (Å²) in [7, 11) is 3.49. The van der Waals surface area contributed by atoms with Gasteiger partial charge in [0, 0.05) is 31.8 Å². The van der Waals surface area contributed by atoms with E-state index >= 15 is 0 Å². The highest BCUT2D eigenvalue weighted by Crippen LogP contribution is 2.18. The molecule has 0 aliphatic heterocycles. The molecular formula is C16H21N3O2S. The topological polar surface area (TPSA) is 63.2 Å². The van der Waals surface area contributed by atoms with Crippen LogP contribution in [0.2, 0.25) is 0 Å². The number of nitrogens with zero attached hydrogens (tertiary/aromatic N) is 1. The number of carbonyl (C=O) groups is 1. The first-order valence-electron chi connectivity index (χ1n) is 7.23. The number of ether oxygens (including phenoxy) is 1. The Bertz CT molecular complexity index is 613. The van der Waals surface area contributed by atoms with Crippen LogP contribution in [0, 0.1) is 0 Å². The third kappa shape index (κ3) is 4.73. The molecule has 0 fully saturated rings. The summed E-state index contributed by atoms with van der Waals surface area (Å²) >= 11 is 1.57. The van der Waals surface area contributed by atoms with Crippen molar-refractivity contribution in [2.45, 2.75) is 19.3 Å². The Morgan fingerprint density at radius 1 is 1.32 bits per heavy atom. The highest BCUT2D eigenvalue weighted by atomic mass is 32.1. The van der Waals surface area contributed by atoms with Gasteiger partial charge in [-0.3, -0.25) is 4.79 Å². The Kier molecular flexibility index (Phi) is 6.21. The molecule has 6 heteroatoms. The van der Waals surface area contributed by atoms with Crippen LogP contribution in [-0.4, -0.2) is 31.6 Å². The van der Waals surface area contributed by atoms with Crippen LogP contribution >= 0.6 is 11.3 Å². The molecule has 0 aliphatic carbocycles. The third-order valence-electron chi connectivity index (χ3n) is 3.28. The monoisotopic (exact) mass is 319 g/mol. The van der Waals surface area contributed by atoms with Crippen LogP contribution in [-0.2, 0) is 17.6 Å². The van der Waals surface area contributed by atoms with Gasteiger partial charge >= 0.3 is 0 Å². The summed E-state index contributed by atoms with van der Waals surface area (Å²) in [5, 5.41) is 8.84. The molecule has 1 heterocycles. The number of rotatable bonds is 8. The first-order valence-corrected chi connectivity index (χ1v) is 8.11. The predicted molar refractivity (Wildman–Crippen MR) is 89.7 cm³/mol. The molecule has 0 bridgehead atoms. The summed E-state index contributed by atoms with van der Waals surface area (Å²) in [4.78, 5) is 16.3. The van der Waals surface area contributed by atoms with Crippen molar-refractivity contribution in [3.05, 3.63) is 40.9 Å². The van der Waals surface area contributed by atoms with Crippen molar-refractivity contribution in [3.63, 3.8) is 0 Å². The van der Waals surface area contributed by atoms with Gasteiger partial charge in [-0.05, 0) is 18.1 Å². The van der Waals surface area contributed by atoms with E-state index in [1.54, 1.807) is 18.4 Å². The summed E-state index contributed by atoms with van der Waals surface area (Å²) in [6.07, 6.45) is 1.88. The van der Waals surface area contributed by atoms with E-state index in [4.69, 9.17) is 4.74 Å². The highest BCUT2D eigenvalue weighted by molar-refractivity contribution is 7.13. The van der Waals surface area contributed by atoms with Gasteiger partial charge in [-0.2, -0.15) is 0 Å². The standard InChI is InChI=1S/C16H21N3O2S/c1-17-16-19-13(11-22-16)9-10-18-15(20)8-7-12-5-3-4-6-14(12)21-2/h3-6,11H,7-10H2,1-2H3,(H,17,19)(H,18,20). The molecule has 5 nitrogen and oxygen atoms in total. The van der Waals surface area contributed by atoms with Crippen LogP contribution in [0.3, 0.4) is 0 Å². The zero-order valence-electron chi connectivity index (χ0n) is 12.9. The number of aromatic nitrogens is 1. The third-order valence-corrected chi connectivity index (χ3v) is 4.19. The largest absolute Gasteiger partial charge is 0.496 e. The smallest absolute Gasteiger partial charge is 0.220 e. The van der Waals surface area contributed by atoms with Gasteiger partial charge in [0.05, 0.1) is 12.8 Å². The quantitative estimate of drug-likeness (QED) is 0.785. The van der Waals surface area contributed by atoms with E-state index in [1.807, 2.05) is 36.7 Å². The van der Waals surface area contributed by atoms with E-state index in [1.165, 1.54) is 0 Å². The Morgan fingerprint density at radius 3 is 2.86 bits per heavy atom. The fourth-order valence-electron chi connectivity index (χ4n) is 2.11. The first kappa shape index (κ1) is 16.3. The molecule has 2 N–H and O–H groups in total. The van der Waals surface area contributed by atoms with E-state index in [0.717, 1.165) is 28.6 Å². The zero-order valence-corrected chi connectivity index (χ0v) is 13.7. The molecule has 1 aromatic heterocycles. The number of nitrogens with one attached hydrogen (secondary N) is 2. The van der Waals surface area contributed by atoms with Crippen LogP contribution in [0.4, 0.5) is 5.13 Å². The molecule has 118 valence electrons. The fourth-order valence-corrected chi connectivity index (χ4v) is 2.82. The Labute approximate surface area is 134 Å². The Hall–Kier alpha value is -2.08. The van der Waals surface area contributed by atoms with Crippen molar-refractivity contribution >= 4 is 22.4 Å². The maximum absolute atomic E-state index is 11.9. The van der Waals surface area contributed by atoms with Crippen LogP contribution in [0.1, 0.15) is 17.7 Å². The molecule has 0 aliphatic rings. The van der Waals surface area contributed by atoms with E-state index in [0.29, 0.717) is 19.4 Å². The van der Waals surface area contributed by atoms with Gasteiger partial charge in [-0.1, -0.05) is 18.2 Å². The number of thiazole rings is 1. The Morgan fingerprint density at radius 2 is 2.14 bits per heavy atom. The SMILES string of the molecule is CNc1nc(CCNC(=O)CCc2ccccc2OC)cs1. The van der Waals surface area contributed by atoms with Crippen molar-refractivity contribution in [1.82, 2.24) is 10.3 Å². The number of para-hydroxylation sites is 1. The lowest BCUT2D eigenvalue weighted by atomic mass is 10.1. The van der Waals surface area contributed by atoms with Crippen molar-refractivity contribution in [1.29, 1.82) is 0 Å². The highest BCUT2D eigenvalue weighted by Gasteiger charge is 2.06. The molecule has 2 rings (SSSR count).